The number of pyridine rings is 1. The van der Waals surface area contributed by atoms with Crippen molar-refractivity contribution in [3.8, 4) is 11.3 Å². The Hall–Kier alpha value is -2.54. The van der Waals surface area contributed by atoms with Crippen molar-refractivity contribution in [2.24, 2.45) is 0 Å². The minimum absolute atomic E-state index is 0.0456. The third-order valence-corrected chi connectivity index (χ3v) is 2.54. The van der Waals surface area contributed by atoms with Crippen LogP contribution in [0.25, 0.3) is 11.3 Å². The van der Waals surface area contributed by atoms with Gasteiger partial charge in [0, 0.05) is 23.8 Å². The van der Waals surface area contributed by atoms with Gasteiger partial charge in [-0.25, -0.2) is 4.98 Å². The predicted octanol–water partition coefficient (Wildman–Crippen LogP) is 3.22. The minimum Gasteiger partial charge on any atom is -0.258 e. The first-order valence-electron chi connectivity index (χ1n) is 5.04. The molecule has 0 aliphatic rings. The van der Waals surface area contributed by atoms with Gasteiger partial charge in [-0.1, -0.05) is 23.7 Å². The minimum atomic E-state index is -0.603. The zero-order valence-corrected chi connectivity index (χ0v) is 10.1. The van der Waals surface area contributed by atoms with Gasteiger partial charge in [-0.05, 0) is 0 Å². The lowest BCUT2D eigenvalue weighted by molar-refractivity contribution is -0.385. The average Bonchev–Trinajstić information content (AvgIpc) is 2.38. The van der Waals surface area contributed by atoms with Crippen LogP contribution in [0, 0.1) is 20.2 Å². The highest BCUT2D eigenvalue weighted by molar-refractivity contribution is 6.29. The van der Waals surface area contributed by atoms with Crippen molar-refractivity contribution in [1.82, 2.24) is 4.98 Å². The van der Waals surface area contributed by atoms with Crippen LogP contribution in [-0.4, -0.2) is 14.8 Å². The van der Waals surface area contributed by atoms with Crippen LogP contribution in [0.2, 0.25) is 5.15 Å². The van der Waals surface area contributed by atoms with Gasteiger partial charge in [0.15, 0.2) is 0 Å². The molecule has 0 atom stereocenters. The number of nitro groups is 2. The monoisotopic (exact) mass is 279 g/mol. The fraction of sp³-hybridized carbons (Fsp3) is 0. The van der Waals surface area contributed by atoms with Gasteiger partial charge in [0.2, 0.25) is 0 Å². The summed E-state index contributed by atoms with van der Waals surface area (Å²) in [7, 11) is 0. The molecule has 0 unspecified atom stereocenters. The highest BCUT2D eigenvalue weighted by Crippen LogP contribution is 2.27. The largest absolute Gasteiger partial charge is 0.274 e. The topological polar surface area (TPSA) is 99.2 Å². The molecule has 1 aromatic carbocycles. The van der Waals surface area contributed by atoms with Crippen LogP contribution in [0.1, 0.15) is 0 Å². The Kier molecular flexibility index (Phi) is 3.39. The second-order valence-electron chi connectivity index (χ2n) is 3.60. The van der Waals surface area contributed by atoms with Crippen LogP contribution in [0.15, 0.2) is 36.4 Å². The van der Waals surface area contributed by atoms with Crippen molar-refractivity contribution in [2.45, 2.75) is 0 Å². The molecule has 1 heterocycles. The Morgan fingerprint density at radius 3 is 2.32 bits per heavy atom. The molecular weight excluding hydrogens is 274 g/mol. The van der Waals surface area contributed by atoms with E-state index in [0.29, 0.717) is 5.56 Å². The van der Waals surface area contributed by atoms with E-state index < -0.39 is 9.85 Å². The fourth-order valence-electron chi connectivity index (χ4n) is 1.52. The lowest BCUT2D eigenvalue weighted by atomic mass is 10.1. The number of halogens is 1. The van der Waals surface area contributed by atoms with E-state index in [2.05, 4.69) is 4.98 Å². The van der Waals surface area contributed by atoms with Crippen LogP contribution in [0.3, 0.4) is 0 Å². The fourth-order valence-corrected chi connectivity index (χ4v) is 1.72. The van der Waals surface area contributed by atoms with Gasteiger partial charge in [-0.2, -0.15) is 0 Å². The van der Waals surface area contributed by atoms with Crippen molar-refractivity contribution in [3.05, 3.63) is 61.8 Å². The first-order valence-corrected chi connectivity index (χ1v) is 5.42. The predicted molar refractivity (Wildman–Crippen MR) is 68.0 cm³/mol. The molecule has 0 bridgehead atoms. The molecule has 0 spiro atoms. The maximum Gasteiger partial charge on any atom is 0.274 e. The lowest BCUT2D eigenvalue weighted by Crippen LogP contribution is -1.93. The summed E-state index contributed by atoms with van der Waals surface area (Å²) in [6.07, 6.45) is 0. The molecule has 2 rings (SSSR count). The molecule has 2 aromatic rings. The molecule has 0 saturated heterocycles. The van der Waals surface area contributed by atoms with E-state index >= 15 is 0 Å². The van der Waals surface area contributed by atoms with Gasteiger partial charge in [-0.3, -0.25) is 20.2 Å². The lowest BCUT2D eigenvalue weighted by Gasteiger charge is -2.01. The summed E-state index contributed by atoms with van der Waals surface area (Å²) in [5.41, 5.74) is 0.256. The highest BCUT2D eigenvalue weighted by Gasteiger charge is 2.13. The van der Waals surface area contributed by atoms with Crippen LogP contribution in [-0.2, 0) is 0 Å². The van der Waals surface area contributed by atoms with Crippen molar-refractivity contribution in [3.63, 3.8) is 0 Å². The van der Waals surface area contributed by atoms with Crippen molar-refractivity contribution >= 4 is 23.0 Å². The van der Waals surface area contributed by atoms with Crippen molar-refractivity contribution in [1.29, 1.82) is 0 Å². The molecule has 0 N–H and O–H groups in total. The summed E-state index contributed by atoms with van der Waals surface area (Å²) in [4.78, 5) is 24.2. The number of nitro benzene ring substituents is 1. The Morgan fingerprint density at radius 1 is 1.00 bits per heavy atom. The van der Waals surface area contributed by atoms with Gasteiger partial charge < -0.3 is 0 Å². The number of nitrogens with zero attached hydrogens (tertiary/aromatic N) is 3. The van der Waals surface area contributed by atoms with E-state index in [4.69, 9.17) is 11.6 Å². The quantitative estimate of drug-likeness (QED) is 0.488. The second-order valence-corrected chi connectivity index (χ2v) is 3.99. The number of benzene rings is 1. The smallest absolute Gasteiger partial charge is 0.258 e. The third kappa shape index (κ3) is 2.83. The van der Waals surface area contributed by atoms with Crippen LogP contribution < -0.4 is 0 Å². The van der Waals surface area contributed by atoms with Gasteiger partial charge in [0.25, 0.3) is 11.4 Å². The maximum atomic E-state index is 10.7. The number of hydrogen-bond acceptors (Lipinski definition) is 5. The van der Waals surface area contributed by atoms with E-state index in [1.165, 1.54) is 24.3 Å². The van der Waals surface area contributed by atoms with Crippen LogP contribution in [0.5, 0.6) is 0 Å². The Labute approximate surface area is 111 Å². The molecule has 19 heavy (non-hydrogen) atoms. The highest BCUT2D eigenvalue weighted by atomic mass is 35.5. The molecule has 0 fully saturated rings. The molecule has 0 saturated carbocycles. The van der Waals surface area contributed by atoms with Gasteiger partial charge in [0.1, 0.15) is 5.15 Å². The zero-order valence-electron chi connectivity index (χ0n) is 9.32. The first kappa shape index (κ1) is 12.9. The van der Waals surface area contributed by atoms with E-state index in [9.17, 15) is 20.2 Å². The molecule has 1 aromatic heterocycles. The number of hydrogen-bond donors (Lipinski definition) is 0. The maximum absolute atomic E-state index is 10.7. The van der Waals surface area contributed by atoms with Crippen LogP contribution in [0.4, 0.5) is 11.4 Å². The van der Waals surface area contributed by atoms with Crippen molar-refractivity contribution in [2.75, 3.05) is 0 Å². The Bertz CT molecular complexity index is 675. The standard InChI is InChI=1S/C11H6ClN3O4/c12-11-6-9(15(18)19)5-10(13-11)7-2-1-3-8(4-7)14(16)17/h1-6H. The summed E-state index contributed by atoms with van der Waals surface area (Å²) in [6, 6.07) is 7.97. The van der Waals surface area contributed by atoms with E-state index in [0.717, 1.165) is 6.07 Å². The van der Waals surface area contributed by atoms with Gasteiger partial charge in [0.05, 0.1) is 21.6 Å². The molecule has 96 valence electrons. The zero-order chi connectivity index (χ0) is 14.0. The summed E-state index contributed by atoms with van der Waals surface area (Å²) in [5.74, 6) is 0. The average molecular weight is 280 g/mol. The summed E-state index contributed by atoms with van der Waals surface area (Å²) in [5, 5.41) is 21.4. The number of rotatable bonds is 3. The first-order chi connectivity index (χ1) is 8.97. The van der Waals surface area contributed by atoms with E-state index in [1.54, 1.807) is 6.07 Å². The van der Waals surface area contributed by atoms with E-state index in [-0.39, 0.29) is 22.2 Å². The summed E-state index contributed by atoms with van der Waals surface area (Å²) < 4.78 is 0. The van der Waals surface area contributed by atoms with E-state index in [1.807, 2.05) is 0 Å². The molecular formula is C11H6ClN3O4. The molecule has 7 nitrogen and oxygen atoms in total. The number of aromatic nitrogens is 1. The molecule has 0 aliphatic heterocycles. The summed E-state index contributed by atoms with van der Waals surface area (Å²) >= 11 is 5.70. The summed E-state index contributed by atoms with van der Waals surface area (Å²) in [6.45, 7) is 0. The molecule has 0 radical (unpaired) electrons. The van der Waals surface area contributed by atoms with Crippen molar-refractivity contribution < 1.29 is 9.85 Å². The number of non-ortho nitro benzene ring substituents is 1. The third-order valence-electron chi connectivity index (χ3n) is 2.34. The second kappa shape index (κ2) is 4.99. The van der Waals surface area contributed by atoms with Gasteiger partial charge in [-0.15, -0.1) is 0 Å². The SMILES string of the molecule is O=[N+]([O-])c1cccc(-c2cc([N+](=O)[O-])cc(Cl)n2)c1. The van der Waals surface area contributed by atoms with Crippen LogP contribution >= 0.6 is 11.6 Å². The molecule has 0 aliphatic carbocycles. The normalized spacial score (nSPS) is 10.2. The Balaban J connectivity index is 2.55. The Morgan fingerprint density at radius 2 is 1.68 bits per heavy atom. The molecule has 8 heteroatoms. The molecule has 0 amide bonds. The van der Waals surface area contributed by atoms with Gasteiger partial charge >= 0.3 is 0 Å².